The van der Waals surface area contributed by atoms with Crippen molar-refractivity contribution in [2.75, 3.05) is 6.61 Å². The van der Waals surface area contributed by atoms with Gasteiger partial charge in [-0.3, -0.25) is 0 Å². The lowest BCUT2D eigenvalue weighted by molar-refractivity contribution is 0.302. The Morgan fingerprint density at radius 2 is 1.38 bits per heavy atom. The fourth-order valence-electron chi connectivity index (χ4n) is 3.20. The number of benzene rings is 3. The molecule has 0 amide bonds. The average Bonchev–Trinajstić information content (AvgIpc) is 2.97. The molecule has 0 unspecified atom stereocenters. The zero-order valence-corrected chi connectivity index (χ0v) is 13.5. The summed E-state index contributed by atoms with van der Waals surface area (Å²) >= 11 is 0. The lowest BCUT2D eigenvalue weighted by atomic mass is 10.2. The fourth-order valence-corrected chi connectivity index (χ4v) is 3.20. The molecule has 2 nitrogen and oxygen atoms in total. The summed E-state index contributed by atoms with van der Waals surface area (Å²) in [5.74, 6) is 0.890. The number of aromatic nitrogens is 1. The molecule has 0 bridgehead atoms. The van der Waals surface area contributed by atoms with Gasteiger partial charge in [0.2, 0.25) is 0 Å². The van der Waals surface area contributed by atoms with Crippen LogP contribution in [0.2, 0.25) is 0 Å². The van der Waals surface area contributed by atoms with Crippen LogP contribution in [0.3, 0.4) is 0 Å². The highest BCUT2D eigenvalue weighted by Gasteiger charge is 2.09. The van der Waals surface area contributed by atoms with Crippen molar-refractivity contribution in [3.05, 3.63) is 84.9 Å². The first kappa shape index (κ1) is 14.6. The van der Waals surface area contributed by atoms with E-state index in [1.165, 1.54) is 21.8 Å². The Morgan fingerprint density at radius 3 is 1.96 bits per heavy atom. The van der Waals surface area contributed by atoms with Crippen LogP contribution < -0.4 is 4.74 Å². The van der Waals surface area contributed by atoms with Gasteiger partial charge in [-0.05, 0) is 29.8 Å². The quantitative estimate of drug-likeness (QED) is 0.473. The smallest absolute Gasteiger partial charge is 0.119 e. The van der Waals surface area contributed by atoms with Gasteiger partial charge in [-0.25, -0.2) is 0 Å². The van der Waals surface area contributed by atoms with E-state index in [1.807, 2.05) is 30.3 Å². The maximum atomic E-state index is 5.92. The predicted molar refractivity (Wildman–Crippen MR) is 101 cm³/mol. The molecule has 2 heteroatoms. The first-order chi connectivity index (χ1) is 11.9. The van der Waals surface area contributed by atoms with Gasteiger partial charge in [0.25, 0.3) is 0 Å². The van der Waals surface area contributed by atoms with Gasteiger partial charge in [0.1, 0.15) is 12.4 Å². The fraction of sp³-hybridized carbons (Fsp3) is 0.0909. The lowest BCUT2D eigenvalue weighted by Gasteiger charge is -2.10. The van der Waals surface area contributed by atoms with Crippen LogP contribution in [-0.4, -0.2) is 11.2 Å². The third-order valence-electron chi connectivity index (χ3n) is 4.38. The monoisotopic (exact) mass is 313 g/mol. The molecule has 3 aromatic carbocycles. The van der Waals surface area contributed by atoms with Gasteiger partial charge in [-0.2, -0.15) is 0 Å². The summed E-state index contributed by atoms with van der Waals surface area (Å²) in [7, 11) is 0. The Bertz CT molecular complexity index is 942. The van der Waals surface area contributed by atoms with E-state index in [4.69, 9.17) is 4.74 Å². The van der Waals surface area contributed by atoms with Crippen LogP contribution in [0.15, 0.2) is 79.4 Å². The van der Waals surface area contributed by atoms with Crippen LogP contribution in [0.4, 0.5) is 0 Å². The van der Waals surface area contributed by atoms with E-state index in [0.717, 1.165) is 17.9 Å². The summed E-state index contributed by atoms with van der Waals surface area (Å²) in [5, 5.41) is 2.59. The molecular weight excluding hydrogens is 294 g/mol. The summed E-state index contributed by atoms with van der Waals surface area (Å²) in [6.45, 7) is 5.22. The molecule has 4 rings (SSSR count). The minimum absolute atomic E-state index is 0.635. The van der Waals surface area contributed by atoms with E-state index in [0.29, 0.717) is 6.61 Å². The summed E-state index contributed by atoms with van der Waals surface area (Å²) in [6.07, 6.45) is 1.84. The van der Waals surface area contributed by atoms with E-state index >= 15 is 0 Å². The molecule has 0 saturated carbocycles. The summed E-state index contributed by atoms with van der Waals surface area (Å²) < 4.78 is 8.26. The summed E-state index contributed by atoms with van der Waals surface area (Å²) in [5.41, 5.74) is 3.61. The van der Waals surface area contributed by atoms with Crippen molar-refractivity contribution >= 4 is 27.9 Å². The van der Waals surface area contributed by atoms with Gasteiger partial charge >= 0.3 is 0 Å². The number of ether oxygens (including phenoxy) is 1. The van der Waals surface area contributed by atoms with Crippen LogP contribution in [0.25, 0.3) is 27.9 Å². The molecule has 0 radical (unpaired) electrons. The third-order valence-corrected chi connectivity index (χ3v) is 4.38. The van der Waals surface area contributed by atoms with E-state index in [9.17, 15) is 0 Å². The molecular formula is C22H19NO. The Hall–Kier alpha value is -3.00. The number of hydrogen-bond donors (Lipinski definition) is 0. The second kappa shape index (κ2) is 6.25. The van der Waals surface area contributed by atoms with Crippen LogP contribution in [-0.2, 0) is 6.54 Å². The highest BCUT2D eigenvalue weighted by atomic mass is 16.5. The normalized spacial score (nSPS) is 11.0. The molecule has 0 N–H and O–H groups in total. The van der Waals surface area contributed by atoms with Crippen molar-refractivity contribution in [3.8, 4) is 5.75 Å². The van der Waals surface area contributed by atoms with Gasteiger partial charge in [-0.15, -0.1) is 0 Å². The molecule has 0 fully saturated rings. The SMILES string of the molecule is C=Cc1ccc(OCCn2c3ccccc3c3ccccc32)cc1. The molecule has 0 aliphatic carbocycles. The van der Waals surface area contributed by atoms with E-state index < -0.39 is 0 Å². The number of nitrogens with zero attached hydrogens (tertiary/aromatic N) is 1. The standard InChI is InChI=1S/C22H19NO/c1-2-17-11-13-18(14-12-17)24-16-15-23-21-9-5-3-7-19(21)20-8-4-6-10-22(20)23/h2-14H,1,15-16H2. The van der Waals surface area contributed by atoms with Crippen molar-refractivity contribution in [2.24, 2.45) is 0 Å². The molecule has 0 spiro atoms. The topological polar surface area (TPSA) is 14.2 Å². The first-order valence-corrected chi connectivity index (χ1v) is 8.18. The summed E-state index contributed by atoms with van der Waals surface area (Å²) in [6, 6.07) is 25.1. The highest BCUT2D eigenvalue weighted by Crippen LogP contribution is 2.28. The number of fused-ring (bicyclic) bond motifs is 3. The molecule has 0 aliphatic rings. The Labute approximate surface area is 141 Å². The van der Waals surface area contributed by atoms with Crippen molar-refractivity contribution in [3.63, 3.8) is 0 Å². The largest absolute Gasteiger partial charge is 0.492 e. The van der Waals surface area contributed by atoms with Gasteiger partial charge in [0.15, 0.2) is 0 Å². The van der Waals surface area contributed by atoms with Crippen molar-refractivity contribution in [1.82, 2.24) is 4.57 Å². The van der Waals surface area contributed by atoms with Gasteiger partial charge in [0, 0.05) is 21.8 Å². The van der Waals surface area contributed by atoms with Crippen LogP contribution in [0.1, 0.15) is 5.56 Å². The van der Waals surface area contributed by atoms with E-state index in [2.05, 4.69) is 59.7 Å². The zero-order valence-electron chi connectivity index (χ0n) is 13.5. The lowest BCUT2D eigenvalue weighted by Crippen LogP contribution is -2.07. The third kappa shape index (κ3) is 2.56. The predicted octanol–water partition coefficient (Wildman–Crippen LogP) is 5.52. The Kier molecular flexibility index (Phi) is 3.80. The molecule has 0 aliphatic heterocycles. The Balaban J connectivity index is 1.60. The maximum Gasteiger partial charge on any atom is 0.119 e. The second-order valence-corrected chi connectivity index (χ2v) is 5.81. The molecule has 1 aromatic heterocycles. The minimum atomic E-state index is 0.635. The molecule has 1 heterocycles. The van der Waals surface area contributed by atoms with E-state index in [-0.39, 0.29) is 0 Å². The van der Waals surface area contributed by atoms with Gasteiger partial charge in [-0.1, -0.05) is 61.2 Å². The van der Waals surface area contributed by atoms with Crippen LogP contribution >= 0.6 is 0 Å². The van der Waals surface area contributed by atoms with Crippen LogP contribution in [0, 0.1) is 0 Å². The first-order valence-electron chi connectivity index (χ1n) is 8.18. The number of para-hydroxylation sites is 2. The average molecular weight is 313 g/mol. The Morgan fingerprint density at radius 1 is 0.792 bits per heavy atom. The molecule has 4 aromatic rings. The maximum absolute atomic E-state index is 5.92. The van der Waals surface area contributed by atoms with Crippen molar-refractivity contribution in [1.29, 1.82) is 0 Å². The second-order valence-electron chi connectivity index (χ2n) is 5.81. The molecule has 0 atom stereocenters. The molecule has 0 saturated heterocycles. The molecule has 24 heavy (non-hydrogen) atoms. The van der Waals surface area contributed by atoms with Crippen molar-refractivity contribution < 1.29 is 4.74 Å². The number of hydrogen-bond acceptors (Lipinski definition) is 1. The van der Waals surface area contributed by atoms with Crippen molar-refractivity contribution in [2.45, 2.75) is 6.54 Å². The van der Waals surface area contributed by atoms with E-state index in [1.54, 1.807) is 0 Å². The zero-order chi connectivity index (χ0) is 16.4. The van der Waals surface area contributed by atoms with Gasteiger partial charge in [0.05, 0.1) is 6.54 Å². The molecule has 118 valence electrons. The minimum Gasteiger partial charge on any atom is -0.492 e. The van der Waals surface area contributed by atoms with Gasteiger partial charge < -0.3 is 9.30 Å². The highest BCUT2D eigenvalue weighted by molar-refractivity contribution is 6.07. The summed E-state index contributed by atoms with van der Waals surface area (Å²) in [4.78, 5) is 0. The number of rotatable bonds is 5. The van der Waals surface area contributed by atoms with Crippen LogP contribution in [0.5, 0.6) is 5.75 Å².